The Balaban J connectivity index is 1.07. The standard InChI is InChI=1S/C63H97N9O13/c1-7-65-20-21-66-24-33(51(64)80)49(79)63(42-26-67-30-70-42)17-12-32(44-48(63)72-54(81)61(44)14-8-9-15-61)43-46(77)50(85-53-47(78)45(76)39(75)27-84-53)57(3,29-74)40-13-16-58(4)41(59(40,43)5)11-10-34-36-23-56(2,28-73)18-19-62(36,55(82)83)37-25-68-52-38(69-31-71-52)22-35(37)60(34,58)6/h10,12,17,26,30-33,35-37,39-41,43-51,53,65-66,68,73-80H,7-9,11,13-16,18-25,27-29,64H2,1-6H3,(H,67,70)(H,69,71)(H,72,81)(H,82,83). The van der Waals surface area contributed by atoms with E-state index in [1.165, 1.54) is 6.33 Å². The lowest BCUT2D eigenvalue weighted by atomic mass is 9.28. The molecule has 0 radical (unpaired) electrons. The Hall–Kier alpha value is -3.88. The summed E-state index contributed by atoms with van der Waals surface area (Å²) in [6.07, 6.45) is 5.63. The van der Waals surface area contributed by atoms with Crippen molar-refractivity contribution >= 4 is 17.7 Å². The van der Waals surface area contributed by atoms with Crippen LogP contribution in [0.1, 0.15) is 117 Å². The molecule has 10 aliphatic rings. The highest BCUT2D eigenvalue weighted by Crippen LogP contribution is 2.80. The van der Waals surface area contributed by atoms with Gasteiger partial charge in [0.25, 0.3) is 0 Å². The summed E-state index contributed by atoms with van der Waals surface area (Å²) in [7, 11) is 0. The smallest absolute Gasteiger partial charge is 0.310 e. The van der Waals surface area contributed by atoms with Gasteiger partial charge in [-0.1, -0.05) is 78.2 Å². The number of aromatic nitrogens is 4. The van der Waals surface area contributed by atoms with Crippen molar-refractivity contribution in [3.63, 3.8) is 0 Å². The van der Waals surface area contributed by atoms with E-state index in [1.807, 2.05) is 19.9 Å². The molecule has 85 heavy (non-hydrogen) atoms. The summed E-state index contributed by atoms with van der Waals surface area (Å²) in [6, 6.07) is -0.853. The number of imidazole rings is 2. The molecule has 5 heterocycles. The number of allylic oxidation sites excluding steroid dienone is 3. The second-order valence-electron chi connectivity index (χ2n) is 29.4. The van der Waals surface area contributed by atoms with Crippen molar-refractivity contribution in [2.24, 2.45) is 96.9 Å². The number of likely N-dealkylation sites (N-methyl/N-ethyl adjacent to an activating group) is 1. The lowest BCUT2D eigenvalue weighted by Crippen LogP contribution is -2.75. The van der Waals surface area contributed by atoms with Crippen LogP contribution in [-0.2, 0) is 30.9 Å². The summed E-state index contributed by atoms with van der Waals surface area (Å²) < 4.78 is 12.9. The van der Waals surface area contributed by atoms with Crippen LogP contribution in [0.3, 0.4) is 0 Å². The van der Waals surface area contributed by atoms with Crippen molar-refractivity contribution in [2.45, 2.75) is 173 Å². The zero-order chi connectivity index (χ0) is 60.6. The van der Waals surface area contributed by atoms with Gasteiger partial charge >= 0.3 is 5.97 Å². The van der Waals surface area contributed by atoms with Crippen LogP contribution in [0.15, 0.2) is 42.7 Å². The molecule has 22 nitrogen and oxygen atoms in total. The number of amides is 1. The topological polar surface area (TPSA) is 366 Å². The number of anilines is 1. The fourth-order valence-electron chi connectivity index (χ4n) is 21.9. The van der Waals surface area contributed by atoms with Crippen molar-refractivity contribution in [2.75, 3.05) is 57.9 Å². The largest absolute Gasteiger partial charge is 0.481 e. The third-order valence-electron chi connectivity index (χ3n) is 26.2. The number of nitrogens with zero attached hydrogens (tertiary/aromatic N) is 2. The van der Waals surface area contributed by atoms with Gasteiger partial charge in [0.2, 0.25) is 5.91 Å². The van der Waals surface area contributed by atoms with Crippen LogP contribution in [-0.4, -0.2) is 185 Å². The summed E-state index contributed by atoms with van der Waals surface area (Å²) >= 11 is 0. The molecule has 2 saturated heterocycles. The molecule has 7 fully saturated rings. The van der Waals surface area contributed by atoms with Gasteiger partial charge in [-0.15, -0.1) is 0 Å². The average Bonchev–Trinajstić information content (AvgIpc) is 1.30. The third kappa shape index (κ3) is 8.55. The first-order valence-electron chi connectivity index (χ1n) is 31.9. The molecule has 7 aliphatic carbocycles. The van der Waals surface area contributed by atoms with Gasteiger partial charge in [0.15, 0.2) is 6.29 Å². The first-order valence-corrected chi connectivity index (χ1v) is 31.9. The Kier molecular flexibility index (Phi) is 15.9. The number of aliphatic hydroxyl groups excluding tert-OH is 8. The van der Waals surface area contributed by atoms with E-state index in [-0.39, 0.29) is 43.4 Å². The number of aliphatic hydroxyl groups is 8. The molecule has 1 amide bonds. The molecule has 0 aromatic carbocycles. The van der Waals surface area contributed by atoms with Crippen molar-refractivity contribution in [1.29, 1.82) is 0 Å². The summed E-state index contributed by atoms with van der Waals surface area (Å²) in [4.78, 5) is 46.1. The maximum absolute atomic E-state index is 15.6. The molecule has 2 aromatic rings. The predicted molar refractivity (Wildman–Crippen MR) is 311 cm³/mol. The van der Waals surface area contributed by atoms with Crippen LogP contribution >= 0.6 is 0 Å². The van der Waals surface area contributed by atoms with Crippen LogP contribution in [0.4, 0.5) is 5.82 Å². The molecule has 472 valence electrons. The van der Waals surface area contributed by atoms with Gasteiger partial charge in [0, 0.05) is 61.9 Å². The molecule has 25 unspecified atom stereocenters. The molecule has 5 saturated carbocycles. The lowest BCUT2D eigenvalue weighted by molar-refractivity contribution is -0.344. The predicted octanol–water partition coefficient (Wildman–Crippen LogP) is 1.66. The lowest BCUT2D eigenvalue weighted by Gasteiger charge is -2.76. The van der Waals surface area contributed by atoms with Gasteiger partial charge < -0.3 is 92.4 Å². The normalized spacial score (nSPS) is 47.0. The van der Waals surface area contributed by atoms with E-state index in [9.17, 15) is 50.8 Å². The summed E-state index contributed by atoms with van der Waals surface area (Å²) in [5.74, 6) is -5.01. The molecule has 3 aliphatic heterocycles. The molecule has 1 spiro atoms. The zero-order valence-corrected chi connectivity index (χ0v) is 50.4. The summed E-state index contributed by atoms with van der Waals surface area (Å²) in [5, 5.41) is 122. The van der Waals surface area contributed by atoms with E-state index in [0.29, 0.717) is 88.9 Å². The van der Waals surface area contributed by atoms with Gasteiger partial charge in [-0.3, -0.25) is 9.59 Å². The fourth-order valence-corrected chi connectivity index (χ4v) is 21.9. The number of aliphatic carboxylic acids is 1. The first-order chi connectivity index (χ1) is 40.4. The van der Waals surface area contributed by atoms with E-state index in [2.05, 4.69) is 76.1 Å². The van der Waals surface area contributed by atoms with E-state index in [1.54, 1.807) is 12.5 Å². The Morgan fingerprint density at radius 3 is 2.35 bits per heavy atom. The molecule has 25 atom stereocenters. The quantitative estimate of drug-likeness (QED) is 0.0492. The number of hydrogen-bond donors (Lipinski definition) is 16. The van der Waals surface area contributed by atoms with E-state index in [0.717, 1.165) is 30.7 Å². The Bertz CT molecular complexity index is 2850. The highest BCUT2D eigenvalue weighted by molar-refractivity contribution is 5.87. The summed E-state index contributed by atoms with van der Waals surface area (Å²) in [6.45, 7) is 14.6. The number of H-pyrrole nitrogens is 2. The molecule has 2 aromatic heterocycles. The second kappa shape index (κ2) is 22.0. The van der Waals surface area contributed by atoms with Gasteiger partial charge in [0.1, 0.15) is 30.4 Å². The minimum absolute atomic E-state index is 0.0790. The maximum Gasteiger partial charge on any atom is 0.310 e. The van der Waals surface area contributed by atoms with Crippen molar-refractivity contribution in [1.82, 2.24) is 35.9 Å². The highest BCUT2D eigenvalue weighted by Gasteiger charge is 2.79. The number of nitrogens with two attached hydrogens (primary N) is 1. The SMILES string of the molecule is CCNCCNCC(C(N)O)C(O)C1(c2cnc[nH]2)C=CC(C2C(O)C(OC3OCC(O)C(O)C3O)C(C)(CO)C3CCC4(C)C(CC=C5C6CC(C)(CO)CCC6(C(=O)O)C6CNc7nc[nH]c7CC6C54C)C23C)C2C1NC(=O)C21CCCC1. The van der Waals surface area contributed by atoms with E-state index < -0.39 is 147 Å². The van der Waals surface area contributed by atoms with Crippen LogP contribution in [0.2, 0.25) is 0 Å². The van der Waals surface area contributed by atoms with Gasteiger partial charge in [0.05, 0.1) is 72.2 Å². The molecular formula is C63H97N9O13. The zero-order valence-electron chi connectivity index (χ0n) is 50.4. The van der Waals surface area contributed by atoms with Gasteiger partial charge in [-0.2, -0.15) is 0 Å². The fraction of sp³-hybridized carbons (Fsp3) is 0.810. The number of fused-ring (bicyclic) bond motifs is 13. The molecule has 17 N–H and O–H groups in total. The summed E-state index contributed by atoms with van der Waals surface area (Å²) in [5.41, 5.74) is 1.36. The number of carbonyl (C=O) groups excluding carboxylic acids is 1. The number of carbonyl (C=O) groups is 2. The first kappa shape index (κ1) is 61.4. The molecule has 22 heteroatoms. The molecule has 12 rings (SSSR count). The average molecular weight is 1190 g/mol. The number of carboxylic acid groups (broad SMARTS) is 1. The second-order valence-corrected chi connectivity index (χ2v) is 29.4. The highest BCUT2D eigenvalue weighted by atomic mass is 16.7. The Labute approximate surface area is 498 Å². The number of rotatable bonds is 16. The molecule has 0 bridgehead atoms. The van der Waals surface area contributed by atoms with Crippen LogP contribution < -0.4 is 27.0 Å². The molecular weight excluding hydrogens is 1090 g/mol. The minimum atomic E-state index is -1.71. The number of carboxylic acids is 1. The van der Waals surface area contributed by atoms with Crippen molar-refractivity contribution in [3.05, 3.63) is 54.0 Å². The Morgan fingerprint density at radius 2 is 1.67 bits per heavy atom. The van der Waals surface area contributed by atoms with Crippen molar-refractivity contribution in [3.8, 4) is 0 Å². The maximum atomic E-state index is 15.6. The van der Waals surface area contributed by atoms with Crippen molar-refractivity contribution < 1.29 is 65.0 Å². The van der Waals surface area contributed by atoms with Crippen LogP contribution in [0.25, 0.3) is 0 Å². The van der Waals surface area contributed by atoms with E-state index in [4.69, 9.17) is 20.2 Å². The van der Waals surface area contributed by atoms with Crippen LogP contribution in [0, 0.1) is 91.2 Å². The number of nitrogens with one attached hydrogen (secondary N) is 6. The third-order valence-corrected chi connectivity index (χ3v) is 26.2. The van der Waals surface area contributed by atoms with Gasteiger partial charge in [-0.25, -0.2) is 9.97 Å². The van der Waals surface area contributed by atoms with Crippen LogP contribution in [0.5, 0.6) is 0 Å². The Morgan fingerprint density at radius 1 is 0.918 bits per heavy atom. The minimum Gasteiger partial charge on any atom is -0.481 e. The van der Waals surface area contributed by atoms with Gasteiger partial charge in [-0.05, 0) is 127 Å². The number of hydrogen-bond acceptors (Lipinski definition) is 18. The number of aromatic amines is 2. The monoisotopic (exact) mass is 1190 g/mol. The van der Waals surface area contributed by atoms with E-state index >= 15 is 4.79 Å². The number of ether oxygens (including phenoxy) is 2.